The minimum Gasteiger partial charge on any atom is -0.481 e. The van der Waals surface area contributed by atoms with Crippen LogP contribution in [0.15, 0.2) is 18.2 Å². The zero-order valence-electron chi connectivity index (χ0n) is 10.9. The maximum Gasteiger partial charge on any atom is 0.303 e. The Kier molecular flexibility index (Phi) is 5.63. The Morgan fingerprint density at radius 2 is 2.00 bits per heavy atom. The van der Waals surface area contributed by atoms with Gasteiger partial charge in [0.2, 0.25) is 5.91 Å². The fraction of sp³-hybridized carbons (Fsp3) is 0.385. The predicted octanol–water partition coefficient (Wildman–Crippen LogP) is 2.60. The van der Waals surface area contributed by atoms with E-state index in [0.29, 0.717) is 17.1 Å². The topological polar surface area (TPSA) is 69.6 Å². The SMILES string of the molecule is CN(C)c1ccc(Cl)cc1NC(=O)CCCC(=O)O. The van der Waals surface area contributed by atoms with Crippen molar-refractivity contribution in [2.75, 3.05) is 24.3 Å². The molecule has 1 amide bonds. The van der Waals surface area contributed by atoms with E-state index in [9.17, 15) is 9.59 Å². The van der Waals surface area contributed by atoms with Crippen molar-refractivity contribution >= 4 is 34.9 Å². The smallest absolute Gasteiger partial charge is 0.303 e. The van der Waals surface area contributed by atoms with Crippen LogP contribution in [0.2, 0.25) is 5.02 Å². The molecule has 0 aliphatic heterocycles. The Balaban J connectivity index is 2.67. The Morgan fingerprint density at radius 1 is 1.32 bits per heavy atom. The molecule has 104 valence electrons. The molecule has 0 saturated carbocycles. The molecule has 6 heteroatoms. The first-order valence-electron chi connectivity index (χ1n) is 5.88. The highest BCUT2D eigenvalue weighted by Gasteiger charge is 2.09. The summed E-state index contributed by atoms with van der Waals surface area (Å²) in [5.41, 5.74) is 1.47. The minimum atomic E-state index is -0.899. The number of carbonyl (C=O) groups is 2. The molecular formula is C13H17ClN2O3. The molecule has 5 nitrogen and oxygen atoms in total. The van der Waals surface area contributed by atoms with Gasteiger partial charge in [0, 0.05) is 32.0 Å². The Hall–Kier alpha value is -1.75. The van der Waals surface area contributed by atoms with Gasteiger partial charge in [-0.05, 0) is 24.6 Å². The standard InChI is InChI=1S/C13H17ClN2O3/c1-16(2)11-7-6-9(14)8-10(11)15-12(17)4-3-5-13(18)19/h6-8H,3-5H2,1-2H3,(H,15,17)(H,18,19). The normalized spacial score (nSPS) is 10.1. The number of carbonyl (C=O) groups excluding carboxylic acids is 1. The molecule has 1 aromatic rings. The number of nitrogens with zero attached hydrogens (tertiary/aromatic N) is 1. The lowest BCUT2D eigenvalue weighted by molar-refractivity contribution is -0.137. The summed E-state index contributed by atoms with van der Waals surface area (Å²) in [5.74, 6) is -1.11. The number of amides is 1. The monoisotopic (exact) mass is 284 g/mol. The summed E-state index contributed by atoms with van der Waals surface area (Å²) in [6, 6.07) is 5.23. The van der Waals surface area contributed by atoms with E-state index >= 15 is 0 Å². The molecule has 0 atom stereocenters. The van der Waals surface area contributed by atoms with Crippen LogP contribution in [0, 0.1) is 0 Å². The second-order valence-electron chi connectivity index (χ2n) is 4.35. The third-order valence-electron chi connectivity index (χ3n) is 2.51. The maximum atomic E-state index is 11.7. The Bertz CT molecular complexity index is 475. The molecule has 0 saturated heterocycles. The number of hydrogen-bond acceptors (Lipinski definition) is 3. The van der Waals surface area contributed by atoms with Crippen LogP contribution >= 0.6 is 11.6 Å². The van der Waals surface area contributed by atoms with Gasteiger partial charge in [0.1, 0.15) is 0 Å². The first kappa shape index (κ1) is 15.3. The number of nitrogens with one attached hydrogen (secondary N) is 1. The van der Waals surface area contributed by atoms with E-state index in [1.54, 1.807) is 12.1 Å². The van der Waals surface area contributed by atoms with E-state index in [1.165, 1.54) is 0 Å². The molecule has 0 spiro atoms. The second kappa shape index (κ2) is 6.99. The number of aliphatic carboxylic acids is 1. The fourth-order valence-corrected chi connectivity index (χ4v) is 1.78. The van der Waals surface area contributed by atoms with Gasteiger partial charge in [-0.3, -0.25) is 9.59 Å². The van der Waals surface area contributed by atoms with Gasteiger partial charge in [0.05, 0.1) is 11.4 Å². The molecule has 0 radical (unpaired) electrons. The van der Waals surface area contributed by atoms with Gasteiger partial charge in [-0.15, -0.1) is 0 Å². The molecule has 2 N–H and O–H groups in total. The number of carboxylic acid groups (broad SMARTS) is 1. The highest BCUT2D eigenvalue weighted by atomic mass is 35.5. The quantitative estimate of drug-likeness (QED) is 0.842. The molecule has 0 aromatic heterocycles. The van der Waals surface area contributed by atoms with Gasteiger partial charge >= 0.3 is 5.97 Å². The minimum absolute atomic E-state index is 0.0104. The summed E-state index contributed by atoms with van der Waals surface area (Å²) >= 11 is 5.90. The van der Waals surface area contributed by atoms with Crippen LogP contribution in [0.1, 0.15) is 19.3 Å². The fourth-order valence-electron chi connectivity index (χ4n) is 1.61. The number of hydrogen-bond donors (Lipinski definition) is 2. The van der Waals surface area contributed by atoms with Crippen molar-refractivity contribution < 1.29 is 14.7 Å². The zero-order valence-corrected chi connectivity index (χ0v) is 11.7. The van der Waals surface area contributed by atoms with E-state index in [-0.39, 0.29) is 18.7 Å². The van der Waals surface area contributed by atoms with E-state index in [2.05, 4.69) is 5.32 Å². The maximum absolute atomic E-state index is 11.7. The van der Waals surface area contributed by atoms with Gasteiger partial charge in [0.25, 0.3) is 0 Å². The Morgan fingerprint density at radius 3 is 2.58 bits per heavy atom. The molecule has 0 bridgehead atoms. The lowest BCUT2D eigenvalue weighted by Crippen LogP contribution is -2.16. The molecule has 19 heavy (non-hydrogen) atoms. The third-order valence-corrected chi connectivity index (χ3v) is 2.74. The van der Waals surface area contributed by atoms with Crippen molar-refractivity contribution in [3.05, 3.63) is 23.2 Å². The highest BCUT2D eigenvalue weighted by Crippen LogP contribution is 2.27. The largest absolute Gasteiger partial charge is 0.481 e. The van der Waals surface area contributed by atoms with E-state index in [1.807, 2.05) is 25.1 Å². The number of rotatable bonds is 6. The number of benzene rings is 1. The molecule has 1 aromatic carbocycles. The molecule has 0 fully saturated rings. The molecule has 1 rings (SSSR count). The average Bonchev–Trinajstić information content (AvgIpc) is 2.27. The number of carboxylic acids is 1. The van der Waals surface area contributed by atoms with Gasteiger partial charge in [-0.2, -0.15) is 0 Å². The van der Waals surface area contributed by atoms with Gasteiger partial charge in [0.15, 0.2) is 0 Å². The van der Waals surface area contributed by atoms with Crippen molar-refractivity contribution in [3.8, 4) is 0 Å². The Labute approximate surface area is 117 Å². The first-order valence-corrected chi connectivity index (χ1v) is 6.26. The summed E-state index contributed by atoms with van der Waals surface area (Å²) in [5, 5.41) is 11.8. The summed E-state index contributed by atoms with van der Waals surface area (Å²) in [6.07, 6.45) is 0.480. The summed E-state index contributed by atoms with van der Waals surface area (Å²) in [6.45, 7) is 0. The van der Waals surface area contributed by atoms with Crippen LogP contribution < -0.4 is 10.2 Å². The predicted molar refractivity (Wildman–Crippen MR) is 75.9 cm³/mol. The highest BCUT2D eigenvalue weighted by molar-refractivity contribution is 6.31. The van der Waals surface area contributed by atoms with Crippen LogP contribution in [-0.2, 0) is 9.59 Å². The van der Waals surface area contributed by atoms with Crippen LogP contribution in [-0.4, -0.2) is 31.1 Å². The van der Waals surface area contributed by atoms with Gasteiger partial charge in [-0.25, -0.2) is 0 Å². The molecule has 0 unspecified atom stereocenters. The zero-order chi connectivity index (χ0) is 14.4. The van der Waals surface area contributed by atoms with E-state index in [0.717, 1.165) is 5.69 Å². The van der Waals surface area contributed by atoms with Crippen molar-refractivity contribution in [2.45, 2.75) is 19.3 Å². The molecule has 0 heterocycles. The lowest BCUT2D eigenvalue weighted by atomic mass is 10.2. The van der Waals surface area contributed by atoms with Crippen LogP contribution in [0.3, 0.4) is 0 Å². The second-order valence-corrected chi connectivity index (χ2v) is 4.79. The van der Waals surface area contributed by atoms with E-state index in [4.69, 9.17) is 16.7 Å². The van der Waals surface area contributed by atoms with Crippen LogP contribution in [0.5, 0.6) is 0 Å². The molecule has 0 aliphatic carbocycles. The average molecular weight is 285 g/mol. The van der Waals surface area contributed by atoms with Gasteiger partial charge in [-0.1, -0.05) is 11.6 Å². The first-order chi connectivity index (χ1) is 8.90. The summed E-state index contributed by atoms with van der Waals surface area (Å²) in [7, 11) is 3.73. The molecular weight excluding hydrogens is 268 g/mol. The van der Waals surface area contributed by atoms with Crippen molar-refractivity contribution in [3.63, 3.8) is 0 Å². The van der Waals surface area contributed by atoms with Gasteiger partial charge < -0.3 is 15.3 Å². The van der Waals surface area contributed by atoms with Crippen molar-refractivity contribution in [1.29, 1.82) is 0 Å². The summed E-state index contributed by atoms with van der Waals surface area (Å²) < 4.78 is 0. The molecule has 0 aliphatic rings. The lowest BCUT2D eigenvalue weighted by Gasteiger charge is -2.18. The third kappa shape index (κ3) is 5.18. The van der Waals surface area contributed by atoms with Crippen molar-refractivity contribution in [1.82, 2.24) is 0 Å². The number of halogens is 1. The van der Waals surface area contributed by atoms with Crippen LogP contribution in [0.4, 0.5) is 11.4 Å². The number of anilines is 2. The van der Waals surface area contributed by atoms with Crippen molar-refractivity contribution in [2.24, 2.45) is 0 Å². The van der Waals surface area contributed by atoms with Crippen LogP contribution in [0.25, 0.3) is 0 Å². The summed E-state index contributed by atoms with van der Waals surface area (Å²) in [4.78, 5) is 24.0. The van der Waals surface area contributed by atoms with E-state index < -0.39 is 5.97 Å².